The molecule has 0 aliphatic heterocycles. The SMILES string of the molecule is CC(C)(O)OC(C)(C)OO. The minimum absolute atomic E-state index is 1.17. The van der Waals surface area contributed by atoms with E-state index in [-0.39, 0.29) is 0 Å². The summed E-state index contributed by atoms with van der Waals surface area (Å²) in [5, 5.41) is 17.3. The van der Waals surface area contributed by atoms with Crippen LogP contribution < -0.4 is 0 Å². The summed E-state index contributed by atoms with van der Waals surface area (Å²) in [4.78, 5) is 3.93. The molecule has 0 bridgehead atoms. The quantitative estimate of drug-likeness (QED) is 0.357. The summed E-state index contributed by atoms with van der Waals surface area (Å²) >= 11 is 0. The molecule has 4 heteroatoms. The van der Waals surface area contributed by atoms with Gasteiger partial charge in [0.1, 0.15) is 0 Å². The predicted octanol–water partition coefficient (Wildman–Crippen LogP) is 0.957. The third-order valence-corrected chi connectivity index (χ3v) is 0.715. The molecule has 2 N–H and O–H groups in total. The van der Waals surface area contributed by atoms with Crippen LogP contribution in [0.2, 0.25) is 0 Å². The molecular weight excluding hydrogens is 136 g/mol. The summed E-state index contributed by atoms with van der Waals surface area (Å²) in [6, 6.07) is 0. The van der Waals surface area contributed by atoms with Crippen molar-refractivity contribution in [3.05, 3.63) is 0 Å². The van der Waals surface area contributed by atoms with E-state index in [1.54, 1.807) is 0 Å². The zero-order valence-electron chi connectivity index (χ0n) is 6.71. The highest BCUT2D eigenvalue weighted by molar-refractivity contribution is 4.57. The molecule has 0 aliphatic rings. The van der Waals surface area contributed by atoms with Gasteiger partial charge in [-0.25, -0.2) is 10.1 Å². The van der Waals surface area contributed by atoms with E-state index >= 15 is 0 Å². The molecule has 62 valence electrons. The normalized spacial score (nSPS) is 13.8. The Kier molecular flexibility index (Phi) is 2.79. The van der Waals surface area contributed by atoms with E-state index in [9.17, 15) is 0 Å². The van der Waals surface area contributed by atoms with E-state index in [4.69, 9.17) is 15.1 Å². The van der Waals surface area contributed by atoms with Crippen LogP contribution in [0.4, 0.5) is 0 Å². The van der Waals surface area contributed by atoms with Gasteiger partial charge < -0.3 is 9.84 Å². The molecule has 4 nitrogen and oxygen atoms in total. The molecule has 0 amide bonds. The van der Waals surface area contributed by atoms with Crippen LogP contribution in [0, 0.1) is 0 Å². The molecule has 0 unspecified atom stereocenters. The van der Waals surface area contributed by atoms with Crippen molar-refractivity contribution in [3.63, 3.8) is 0 Å². The van der Waals surface area contributed by atoms with Crippen molar-refractivity contribution in [2.75, 3.05) is 0 Å². The van der Waals surface area contributed by atoms with E-state index in [0.29, 0.717) is 0 Å². The van der Waals surface area contributed by atoms with E-state index < -0.39 is 11.6 Å². The first kappa shape index (κ1) is 9.84. The van der Waals surface area contributed by atoms with E-state index in [2.05, 4.69) is 4.89 Å². The first-order valence-electron chi connectivity index (χ1n) is 3.02. The van der Waals surface area contributed by atoms with Gasteiger partial charge in [0.25, 0.3) is 0 Å². The van der Waals surface area contributed by atoms with Crippen LogP contribution in [0.3, 0.4) is 0 Å². The Hall–Kier alpha value is -0.160. The highest BCUT2D eigenvalue weighted by Gasteiger charge is 2.27. The minimum atomic E-state index is -1.30. The molecule has 0 spiro atoms. The highest BCUT2D eigenvalue weighted by Crippen LogP contribution is 2.17. The van der Waals surface area contributed by atoms with Gasteiger partial charge in [0, 0.05) is 0 Å². The zero-order chi connectivity index (χ0) is 8.41. The van der Waals surface area contributed by atoms with Gasteiger partial charge in [0.15, 0.2) is 11.6 Å². The maximum Gasteiger partial charge on any atom is 0.198 e. The summed E-state index contributed by atoms with van der Waals surface area (Å²) in [6.07, 6.45) is 0. The Balaban J connectivity index is 3.89. The Morgan fingerprint density at radius 3 is 1.60 bits per heavy atom. The summed E-state index contributed by atoms with van der Waals surface area (Å²) in [5.74, 6) is -2.47. The standard InChI is InChI=1S/C6H14O4/c1-5(2,7)9-6(3,4)10-8/h7-8H,1-4H3. The molecule has 0 saturated carbocycles. The maximum atomic E-state index is 9.07. The Morgan fingerprint density at radius 1 is 1.10 bits per heavy atom. The molecule has 0 aliphatic carbocycles. The van der Waals surface area contributed by atoms with Gasteiger partial charge in [-0.15, -0.1) is 0 Å². The van der Waals surface area contributed by atoms with E-state index in [1.165, 1.54) is 27.7 Å². The van der Waals surface area contributed by atoms with Crippen molar-refractivity contribution in [3.8, 4) is 0 Å². The Labute approximate surface area is 60.3 Å². The summed E-state index contributed by atoms with van der Waals surface area (Å²) in [7, 11) is 0. The average Bonchev–Trinajstić information content (AvgIpc) is 1.60. The summed E-state index contributed by atoms with van der Waals surface area (Å²) < 4.78 is 4.86. The van der Waals surface area contributed by atoms with E-state index in [0.717, 1.165) is 0 Å². The second kappa shape index (κ2) is 2.84. The number of rotatable bonds is 3. The molecule has 0 saturated heterocycles. The van der Waals surface area contributed by atoms with Crippen LogP contribution in [0.25, 0.3) is 0 Å². The number of aliphatic hydroxyl groups is 1. The summed E-state index contributed by atoms with van der Waals surface area (Å²) in [5.41, 5.74) is 0. The number of hydrogen-bond acceptors (Lipinski definition) is 4. The second-order valence-corrected chi connectivity index (χ2v) is 3.04. The van der Waals surface area contributed by atoms with Crippen molar-refractivity contribution < 1.29 is 20.0 Å². The van der Waals surface area contributed by atoms with Gasteiger partial charge >= 0.3 is 0 Å². The Morgan fingerprint density at radius 2 is 1.50 bits per heavy atom. The van der Waals surface area contributed by atoms with Crippen LogP contribution in [0.1, 0.15) is 27.7 Å². The van der Waals surface area contributed by atoms with Gasteiger partial charge in [-0.05, 0) is 27.7 Å². The van der Waals surface area contributed by atoms with Crippen molar-refractivity contribution >= 4 is 0 Å². The fraction of sp³-hybridized carbons (Fsp3) is 1.00. The fourth-order valence-electron chi connectivity index (χ4n) is 0.620. The minimum Gasteiger partial charge on any atom is -0.366 e. The molecule has 0 radical (unpaired) electrons. The third kappa shape index (κ3) is 4.69. The number of ether oxygens (including phenoxy) is 1. The largest absolute Gasteiger partial charge is 0.366 e. The first-order chi connectivity index (χ1) is 4.27. The third-order valence-electron chi connectivity index (χ3n) is 0.715. The van der Waals surface area contributed by atoms with Crippen molar-refractivity contribution in [2.24, 2.45) is 0 Å². The first-order valence-corrected chi connectivity index (χ1v) is 3.02. The monoisotopic (exact) mass is 150 g/mol. The lowest BCUT2D eigenvalue weighted by Crippen LogP contribution is -2.38. The average molecular weight is 150 g/mol. The van der Waals surface area contributed by atoms with Crippen LogP contribution >= 0.6 is 0 Å². The molecular formula is C6H14O4. The molecule has 0 heterocycles. The second-order valence-electron chi connectivity index (χ2n) is 3.04. The fourth-order valence-corrected chi connectivity index (χ4v) is 0.620. The predicted molar refractivity (Wildman–Crippen MR) is 35.2 cm³/mol. The van der Waals surface area contributed by atoms with Crippen molar-refractivity contribution in [1.29, 1.82) is 0 Å². The number of hydrogen-bond donors (Lipinski definition) is 2. The molecule has 0 aromatic heterocycles. The maximum absolute atomic E-state index is 9.07. The topological polar surface area (TPSA) is 58.9 Å². The zero-order valence-corrected chi connectivity index (χ0v) is 6.71. The van der Waals surface area contributed by atoms with E-state index in [1.807, 2.05) is 0 Å². The van der Waals surface area contributed by atoms with Crippen molar-refractivity contribution in [1.82, 2.24) is 0 Å². The molecule has 0 aromatic carbocycles. The van der Waals surface area contributed by atoms with Gasteiger partial charge in [-0.1, -0.05) is 0 Å². The smallest absolute Gasteiger partial charge is 0.198 e. The summed E-state index contributed by atoms with van der Waals surface area (Å²) in [6.45, 7) is 5.89. The van der Waals surface area contributed by atoms with Crippen molar-refractivity contribution in [2.45, 2.75) is 39.3 Å². The Bertz CT molecular complexity index is 103. The van der Waals surface area contributed by atoms with Gasteiger partial charge in [0.2, 0.25) is 0 Å². The van der Waals surface area contributed by atoms with Gasteiger partial charge in [-0.2, -0.15) is 0 Å². The lowest BCUT2D eigenvalue weighted by Gasteiger charge is -2.29. The molecule has 0 rings (SSSR count). The van der Waals surface area contributed by atoms with Crippen LogP contribution in [0.5, 0.6) is 0 Å². The van der Waals surface area contributed by atoms with Crippen LogP contribution in [-0.4, -0.2) is 21.9 Å². The molecule has 0 fully saturated rings. The van der Waals surface area contributed by atoms with Crippen LogP contribution in [0.15, 0.2) is 0 Å². The molecule has 0 aromatic rings. The molecule has 10 heavy (non-hydrogen) atoms. The lowest BCUT2D eigenvalue weighted by atomic mass is 10.3. The van der Waals surface area contributed by atoms with Gasteiger partial charge in [0.05, 0.1) is 0 Å². The highest BCUT2D eigenvalue weighted by atomic mass is 17.1. The lowest BCUT2D eigenvalue weighted by molar-refractivity contribution is -0.429. The molecule has 0 atom stereocenters. The van der Waals surface area contributed by atoms with Crippen LogP contribution in [-0.2, 0) is 9.62 Å². The van der Waals surface area contributed by atoms with Gasteiger partial charge in [-0.3, -0.25) is 0 Å².